The lowest BCUT2D eigenvalue weighted by Gasteiger charge is -2.30. The van der Waals surface area contributed by atoms with Gasteiger partial charge in [0.2, 0.25) is 0 Å². The molecule has 1 unspecified atom stereocenters. The summed E-state index contributed by atoms with van der Waals surface area (Å²) in [6.45, 7) is 6.24. The highest BCUT2D eigenvalue weighted by Gasteiger charge is 2.32. The van der Waals surface area contributed by atoms with Crippen LogP contribution in [0.1, 0.15) is 31.4 Å². The van der Waals surface area contributed by atoms with Crippen LogP contribution in [0.25, 0.3) is 0 Å². The molecule has 0 saturated carbocycles. The van der Waals surface area contributed by atoms with Crippen molar-refractivity contribution in [2.45, 2.75) is 37.8 Å². The Hall–Kier alpha value is -0.870. The maximum absolute atomic E-state index is 5.84. The van der Waals surface area contributed by atoms with E-state index in [1.54, 1.807) is 0 Å². The zero-order valence-corrected chi connectivity index (χ0v) is 9.78. The number of hydrogen-bond acceptors (Lipinski definition) is 3. The van der Waals surface area contributed by atoms with Gasteiger partial charge in [0.1, 0.15) is 0 Å². The minimum absolute atomic E-state index is 0.0205. The molecule has 2 saturated heterocycles. The molecular weight excluding hydrogens is 202 g/mol. The summed E-state index contributed by atoms with van der Waals surface area (Å²) in [6.07, 6.45) is 6.30. The van der Waals surface area contributed by atoms with E-state index in [1.165, 1.54) is 12.1 Å². The van der Waals surface area contributed by atoms with E-state index in [1.807, 2.05) is 12.5 Å². The molecule has 88 valence electrons. The Labute approximate surface area is 96.0 Å². The first-order chi connectivity index (χ1) is 7.77. The van der Waals surface area contributed by atoms with E-state index in [2.05, 4.69) is 21.8 Å². The van der Waals surface area contributed by atoms with Gasteiger partial charge in [-0.2, -0.15) is 0 Å². The lowest BCUT2D eigenvalue weighted by atomic mass is 9.98. The van der Waals surface area contributed by atoms with Crippen molar-refractivity contribution in [3.05, 3.63) is 18.2 Å². The fourth-order valence-corrected chi connectivity index (χ4v) is 2.62. The van der Waals surface area contributed by atoms with Gasteiger partial charge in [0.05, 0.1) is 18.5 Å². The van der Waals surface area contributed by atoms with Crippen LogP contribution in [-0.2, 0) is 11.3 Å². The molecule has 1 aromatic rings. The van der Waals surface area contributed by atoms with E-state index in [0.29, 0.717) is 5.92 Å². The summed E-state index contributed by atoms with van der Waals surface area (Å²) < 4.78 is 8.11. The highest BCUT2D eigenvalue weighted by Crippen LogP contribution is 2.29. The lowest BCUT2D eigenvalue weighted by molar-refractivity contribution is 0.00533. The summed E-state index contributed by atoms with van der Waals surface area (Å²) in [5, 5.41) is 3.31. The maximum atomic E-state index is 5.84. The van der Waals surface area contributed by atoms with Crippen LogP contribution in [0.3, 0.4) is 0 Å². The van der Waals surface area contributed by atoms with Crippen molar-refractivity contribution in [3.63, 3.8) is 0 Å². The number of nitrogens with one attached hydrogen (secondary N) is 1. The predicted octanol–water partition coefficient (Wildman–Crippen LogP) is 1.14. The van der Waals surface area contributed by atoms with Crippen LogP contribution >= 0.6 is 0 Å². The molecule has 1 N–H and O–H groups in total. The molecule has 1 atom stereocenters. The predicted molar refractivity (Wildman–Crippen MR) is 61.4 cm³/mol. The number of ether oxygens (including phenoxy) is 1. The van der Waals surface area contributed by atoms with Gasteiger partial charge in [-0.25, -0.2) is 4.98 Å². The van der Waals surface area contributed by atoms with E-state index < -0.39 is 0 Å². The van der Waals surface area contributed by atoms with Gasteiger partial charge < -0.3 is 14.6 Å². The van der Waals surface area contributed by atoms with Gasteiger partial charge in [0.25, 0.3) is 0 Å². The third-order valence-electron chi connectivity index (χ3n) is 3.75. The first-order valence-electron chi connectivity index (χ1n) is 6.12. The van der Waals surface area contributed by atoms with Gasteiger partial charge >= 0.3 is 0 Å². The van der Waals surface area contributed by atoms with Crippen molar-refractivity contribution in [2.75, 3.05) is 19.7 Å². The summed E-state index contributed by atoms with van der Waals surface area (Å²) in [4.78, 5) is 4.28. The average molecular weight is 221 g/mol. The number of hydrogen-bond donors (Lipinski definition) is 1. The SMILES string of the molecule is CC1(Cn2cncc2C2CNC2)CCCO1. The van der Waals surface area contributed by atoms with E-state index in [9.17, 15) is 0 Å². The molecule has 2 aliphatic heterocycles. The van der Waals surface area contributed by atoms with Crippen molar-refractivity contribution in [1.29, 1.82) is 0 Å². The zero-order chi connectivity index (χ0) is 11.0. The molecule has 0 aliphatic carbocycles. The molecule has 16 heavy (non-hydrogen) atoms. The number of rotatable bonds is 3. The molecule has 0 radical (unpaired) electrons. The van der Waals surface area contributed by atoms with Crippen molar-refractivity contribution in [3.8, 4) is 0 Å². The topological polar surface area (TPSA) is 39.1 Å². The third kappa shape index (κ3) is 1.76. The highest BCUT2D eigenvalue weighted by molar-refractivity contribution is 5.12. The van der Waals surface area contributed by atoms with Crippen LogP contribution in [0, 0.1) is 0 Å². The molecule has 0 spiro atoms. The molecule has 0 amide bonds. The van der Waals surface area contributed by atoms with Crippen LogP contribution in [-0.4, -0.2) is 34.8 Å². The largest absolute Gasteiger partial charge is 0.373 e. The summed E-state index contributed by atoms with van der Waals surface area (Å²) in [5.41, 5.74) is 1.38. The van der Waals surface area contributed by atoms with Crippen molar-refractivity contribution in [2.24, 2.45) is 0 Å². The number of imidazole rings is 1. The van der Waals surface area contributed by atoms with E-state index in [4.69, 9.17) is 4.74 Å². The Morgan fingerprint density at radius 1 is 1.62 bits per heavy atom. The van der Waals surface area contributed by atoms with Crippen LogP contribution in [0.4, 0.5) is 0 Å². The second kappa shape index (κ2) is 3.86. The number of nitrogens with zero attached hydrogens (tertiary/aromatic N) is 2. The van der Waals surface area contributed by atoms with E-state index >= 15 is 0 Å². The van der Waals surface area contributed by atoms with Crippen LogP contribution in [0.5, 0.6) is 0 Å². The molecular formula is C12H19N3O. The minimum atomic E-state index is 0.0205. The summed E-state index contributed by atoms with van der Waals surface area (Å²) >= 11 is 0. The molecule has 4 nitrogen and oxygen atoms in total. The van der Waals surface area contributed by atoms with Gasteiger partial charge in [-0.15, -0.1) is 0 Å². The first-order valence-corrected chi connectivity index (χ1v) is 6.12. The van der Waals surface area contributed by atoms with Crippen molar-refractivity contribution < 1.29 is 4.74 Å². The molecule has 0 aromatic carbocycles. The Morgan fingerprint density at radius 2 is 2.50 bits per heavy atom. The molecule has 3 rings (SSSR count). The van der Waals surface area contributed by atoms with Gasteiger partial charge in [-0.1, -0.05) is 0 Å². The lowest BCUT2D eigenvalue weighted by Crippen LogP contribution is -2.41. The number of aromatic nitrogens is 2. The monoisotopic (exact) mass is 221 g/mol. The third-order valence-corrected chi connectivity index (χ3v) is 3.75. The first kappa shape index (κ1) is 10.3. The van der Waals surface area contributed by atoms with Crippen molar-refractivity contribution >= 4 is 0 Å². The standard InChI is InChI=1S/C12H19N3O/c1-12(3-2-4-16-12)8-15-9-14-7-11(15)10-5-13-6-10/h7,9-10,13H,2-6,8H2,1H3. The van der Waals surface area contributed by atoms with Gasteiger partial charge in [0, 0.05) is 37.5 Å². The quantitative estimate of drug-likeness (QED) is 0.832. The molecule has 2 aliphatic rings. The normalized spacial score (nSPS) is 30.6. The molecule has 3 heterocycles. The second-order valence-corrected chi connectivity index (χ2v) is 5.20. The van der Waals surface area contributed by atoms with Crippen LogP contribution < -0.4 is 5.32 Å². The summed E-state index contributed by atoms with van der Waals surface area (Å²) in [6, 6.07) is 0. The molecule has 0 bridgehead atoms. The molecule has 1 aromatic heterocycles. The van der Waals surface area contributed by atoms with Crippen molar-refractivity contribution in [1.82, 2.24) is 14.9 Å². The molecule has 4 heteroatoms. The van der Waals surface area contributed by atoms with Gasteiger partial charge in [0.15, 0.2) is 0 Å². The fourth-order valence-electron chi connectivity index (χ4n) is 2.62. The Balaban J connectivity index is 1.76. The zero-order valence-electron chi connectivity index (χ0n) is 9.78. The minimum Gasteiger partial charge on any atom is -0.373 e. The average Bonchev–Trinajstić information content (AvgIpc) is 2.75. The van der Waals surface area contributed by atoms with Crippen LogP contribution in [0.15, 0.2) is 12.5 Å². The molecule has 2 fully saturated rings. The smallest absolute Gasteiger partial charge is 0.0949 e. The van der Waals surface area contributed by atoms with Crippen LogP contribution in [0.2, 0.25) is 0 Å². The van der Waals surface area contributed by atoms with Gasteiger partial charge in [-0.3, -0.25) is 0 Å². The van der Waals surface area contributed by atoms with Gasteiger partial charge in [-0.05, 0) is 19.8 Å². The highest BCUT2D eigenvalue weighted by atomic mass is 16.5. The van der Waals surface area contributed by atoms with E-state index in [0.717, 1.165) is 32.7 Å². The second-order valence-electron chi connectivity index (χ2n) is 5.20. The Morgan fingerprint density at radius 3 is 3.12 bits per heavy atom. The Bertz CT molecular complexity index is 364. The van der Waals surface area contributed by atoms with E-state index in [-0.39, 0.29) is 5.60 Å². The maximum Gasteiger partial charge on any atom is 0.0949 e. The summed E-state index contributed by atoms with van der Waals surface area (Å²) in [7, 11) is 0. The summed E-state index contributed by atoms with van der Waals surface area (Å²) in [5.74, 6) is 0.646. The fraction of sp³-hybridized carbons (Fsp3) is 0.750. The Kier molecular flexibility index (Phi) is 2.48.